The van der Waals surface area contributed by atoms with Gasteiger partial charge in [0.15, 0.2) is 0 Å². The molecule has 0 radical (unpaired) electrons. The topological polar surface area (TPSA) is 104 Å². The number of nitrogens with one attached hydrogen (secondary N) is 1. The van der Waals surface area contributed by atoms with Gasteiger partial charge in [0, 0.05) is 11.4 Å². The number of rotatable bonds is 6. The zero-order valence-electron chi connectivity index (χ0n) is 9.08. The quantitative estimate of drug-likeness (QED) is 0.682. The maximum Gasteiger partial charge on any atom is 0.308 e. The molecule has 0 aliphatic rings. The molecule has 0 spiro atoms. The van der Waals surface area contributed by atoms with Crippen LogP contribution in [-0.2, 0) is 21.2 Å². The zero-order valence-corrected chi connectivity index (χ0v) is 10.7. The van der Waals surface area contributed by atoms with Gasteiger partial charge in [0.1, 0.15) is 4.21 Å². The maximum absolute atomic E-state index is 11.7. The Balaban J connectivity index is 2.78. The van der Waals surface area contributed by atoms with E-state index in [0.717, 1.165) is 11.3 Å². The van der Waals surface area contributed by atoms with Gasteiger partial charge in [-0.15, -0.1) is 11.3 Å². The lowest BCUT2D eigenvalue weighted by molar-refractivity contribution is -0.136. The van der Waals surface area contributed by atoms with E-state index >= 15 is 0 Å². The number of hydrogen-bond donors (Lipinski definition) is 3. The minimum atomic E-state index is -3.65. The molecule has 0 aliphatic heterocycles. The molecule has 0 aromatic carbocycles. The summed E-state index contributed by atoms with van der Waals surface area (Å²) in [4.78, 5) is 10.9. The van der Waals surface area contributed by atoms with Crippen LogP contribution in [0.1, 0.15) is 11.8 Å². The molecule has 6 nitrogen and oxygen atoms in total. The van der Waals surface area contributed by atoms with Gasteiger partial charge >= 0.3 is 5.97 Å². The summed E-state index contributed by atoms with van der Waals surface area (Å²) in [6.07, 6.45) is -0.973. The molecule has 0 aliphatic carbocycles. The van der Waals surface area contributed by atoms with E-state index in [1.165, 1.54) is 19.1 Å². The van der Waals surface area contributed by atoms with Gasteiger partial charge in [-0.2, -0.15) is 0 Å². The number of carbonyl (C=O) groups is 1. The molecule has 0 fully saturated rings. The number of carboxylic acids is 1. The van der Waals surface area contributed by atoms with Crippen molar-refractivity contribution in [1.82, 2.24) is 4.72 Å². The Morgan fingerprint density at radius 1 is 1.53 bits per heavy atom. The van der Waals surface area contributed by atoms with Gasteiger partial charge in [0.05, 0.1) is 12.5 Å². The summed E-state index contributed by atoms with van der Waals surface area (Å²) >= 11 is 0.907. The van der Waals surface area contributed by atoms with Gasteiger partial charge < -0.3 is 10.2 Å². The predicted molar refractivity (Wildman–Crippen MR) is 62.5 cm³/mol. The van der Waals surface area contributed by atoms with Crippen molar-refractivity contribution in [3.8, 4) is 0 Å². The molecular formula is C9H13NO5S2. The van der Waals surface area contributed by atoms with Crippen LogP contribution in [0.15, 0.2) is 16.3 Å². The molecule has 8 heteroatoms. The van der Waals surface area contributed by atoms with Crippen molar-refractivity contribution in [3.63, 3.8) is 0 Å². The molecule has 0 bridgehead atoms. The molecule has 3 N–H and O–H groups in total. The summed E-state index contributed by atoms with van der Waals surface area (Å²) in [5.74, 6) is -1.01. The number of thiophene rings is 1. The number of aliphatic carboxylic acids is 1. The van der Waals surface area contributed by atoms with Gasteiger partial charge in [-0.25, -0.2) is 13.1 Å². The van der Waals surface area contributed by atoms with Gasteiger partial charge in [0.2, 0.25) is 10.0 Å². The SMILES string of the molecule is CC(O)CNS(=O)(=O)c1ccc(CC(=O)O)s1. The fraction of sp³-hybridized carbons (Fsp3) is 0.444. The van der Waals surface area contributed by atoms with Crippen molar-refractivity contribution in [2.24, 2.45) is 0 Å². The molecule has 1 rings (SSSR count). The second kappa shape index (κ2) is 5.58. The Bertz CT molecular complexity index is 491. The van der Waals surface area contributed by atoms with E-state index in [9.17, 15) is 13.2 Å². The monoisotopic (exact) mass is 279 g/mol. The molecule has 96 valence electrons. The van der Waals surface area contributed by atoms with Gasteiger partial charge in [-0.05, 0) is 19.1 Å². The summed E-state index contributed by atoms with van der Waals surface area (Å²) < 4.78 is 25.6. The first-order chi connectivity index (χ1) is 7.81. The van der Waals surface area contributed by atoms with Crippen LogP contribution in [0, 0.1) is 0 Å². The fourth-order valence-corrected chi connectivity index (χ4v) is 3.56. The fourth-order valence-electron chi connectivity index (χ4n) is 1.05. The maximum atomic E-state index is 11.7. The minimum absolute atomic E-state index is 0.0504. The summed E-state index contributed by atoms with van der Waals surface area (Å²) in [6, 6.07) is 2.82. The van der Waals surface area contributed by atoms with Crippen LogP contribution in [0.4, 0.5) is 0 Å². The van der Waals surface area contributed by atoms with E-state index in [4.69, 9.17) is 10.2 Å². The summed E-state index contributed by atoms with van der Waals surface area (Å²) in [7, 11) is -3.65. The predicted octanol–water partition coefficient (Wildman–Crippen LogP) is 0.0343. The third-order valence-corrected chi connectivity index (χ3v) is 4.80. The van der Waals surface area contributed by atoms with Crippen molar-refractivity contribution in [1.29, 1.82) is 0 Å². The molecule has 1 aromatic rings. The molecule has 1 unspecified atom stereocenters. The molecule has 0 amide bonds. The third kappa shape index (κ3) is 4.43. The molecule has 0 saturated carbocycles. The van der Waals surface area contributed by atoms with Crippen LogP contribution in [0.3, 0.4) is 0 Å². The van der Waals surface area contributed by atoms with Crippen LogP contribution in [0.25, 0.3) is 0 Å². The number of carboxylic acid groups (broad SMARTS) is 1. The van der Waals surface area contributed by atoms with Crippen LogP contribution in [0.2, 0.25) is 0 Å². The molecule has 1 aromatic heterocycles. The van der Waals surface area contributed by atoms with E-state index < -0.39 is 22.1 Å². The Morgan fingerprint density at radius 3 is 2.71 bits per heavy atom. The minimum Gasteiger partial charge on any atom is -0.481 e. The highest BCUT2D eigenvalue weighted by Gasteiger charge is 2.17. The first-order valence-corrected chi connectivity index (χ1v) is 7.09. The Hall–Kier alpha value is -0.960. The van der Waals surface area contributed by atoms with Crippen molar-refractivity contribution in [3.05, 3.63) is 17.0 Å². The van der Waals surface area contributed by atoms with Gasteiger partial charge in [-0.3, -0.25) is 4.79 Å². The highest BCUT2D eigenvalue weighted by molar-refractivity contribution is 7.91. The number of aliphatic hydroxyl groups excluding tert-OH is 1. The highest BCUT2D eigenvalue weighted by Crippen LogP contribution is 2.21. The average molecular weight is 279 g/mol. The normalized spacial score (nSPS) is 13.5. The Kier molecular flexibility index (Phi) is 4.63. The average Bonchev–Trinajstić information content (AvgIpc) is 2.63. The number of sulfonamides is 1. The molecule has 1 heterocycles. The van der Waals surface area contributed by atoms with Crippen molar-refractivity contribution < 1.29 is 23.4 Å². The third-order valence-electron chi connectivity index (χ3n) is 1.80. The van der Waals surface area contributed by atoms with Gasteiger partial charge in [-0.1, -0.05) is 0 Å². The smallest absolute Gasteiger partial charge is 0.308 e. The van der Waals surface area contributed by atoms with Crippen molar-refractivity contribution >= 4 is 27.3 Å². The standard InChI is InChI=1S/C9H13NO5S2/c1-6(11)5-10-17(14,15)9-3-2-7(16-9)4-8(12)13/h2-3,6,10-11H,4-5H2,1H3,(H,12,13). The zero-order chi connectivity index (χ0) is 13.1. The molecule has 1 atom stereocenters. The second-order valence-electron chi connectivity index (χ2n) is 3.49. The molecule has 0 saturated heterocycles. The lowest BCUT2D eigenvalue weighted by Gasteiger charge is -2.05. The van der Waals surface area contributed by atoms with Crippen LogP contribution in [-0.4, -0.2) is 37.2 Å². The summed E-state index contributed by atoms with van der Waals surface area (Å²) in [5, 5.41) is 17.5. The van der Waals surface area contributed by atoms with Crippen LogP contribution < -0.4 is 4.72 Å². The number of aliphatic hydroxyl groups is 1. The first kappa shape index (κ1) is 14.1. The molecule has 17 heavy (non-hydrogen) atoms. The highest BCUT2D eigenvalue weighted by atomic mass is 32.2. The van der Waals surface area contributed by atoms with Crippen LogP contribution >= 0.6 is 11.3 Å². The first-order valence-electron chi connectivity index (χ1n) is 4.79. The number of hydrogen-bond acceptors (Lipinski definition) is 5. The van der Waals surface area contributed by atoms with Crippen molar-refractivity contribution in [2.75, 3.05) is 6.54 Å². The van der Waals surface area contributed by atoms with E-state index in [-0.39, 0.29) is 17.2 Å². The van der Waals surface area contributed by atoms with E-state index in [2.05, 4.69) is 4.72 Å². The van der Waals surface area contributed by atoms with Crippen LogP contribution in [0.5, 0.6) is 0 Å². The largest absolute Gasteiger partial charge is 0.481 e. The van der Waals surface area contributed by atoms with E-state index in [1.807, 2.05) is 0 Å². The lowest BCUT2D eigenvalue weighted by Crippen LogP contribution is -2.30. The Labute approximate surface area is 103 Å². The summed E-state index contributed by atoms with van der Waals surface area (Å²) in [6.45, 7) is 1.39. The van der Waals surface area contributed by atoms with Gasteiger partial charge in [0.25, 0.3) is 0 Å². The Morgan fingerprint density at radius 2 is 2.18 bits per heavy atom. The molecular weight excluding hydrogens is 266 g/mol. The lowest BCUT2D eigenvalue weighted by atomic mass is 10.3. The van der Waals surface area contributed by atoms with E-state index in [0.29, 0.717) is 4.88 Å². The second-order valence-corrected chi connectivity index (χ2v) is 6.65. The van der Waals surface area contributed by atoms with Crippen molar-refractivity contribution in [2.45, 2.75) is 23.7 Å². The summed E-state index contributed by atoms with van der Waals surface area (Å²) in [5.41, 5.74) is 0. The van der Waals surface area contributed by atoms with E-state index in [1.54, 1.807) is 0 Å².